The number of cyclic esters (lactones) is 2. The molecule has 0 amide bonds. The van der Waals surface area contributed by atoms with Crippen LogP contribution in [0.4, 0.5) is 0 Å². The highest BCUT2D eigenvalue weighted by atomic mass is 16.6. The van der Waals surface area contributed by atoms with Crippen molar-refractivity contribution < 1.29 is 14.3 Å². The van der Waals surface area contributed by atoms with Crippen LogP contribution in [0.25, 0.3) is 0 Å². The Kier molecular flexibility index (Phi) is 2.89. The van der Waals surface area contributed by atoms with Gasteiger partial charge in [-0.1, -0.05) is 11.1 Å². The molecule has 0 saturated carbocycles. The van der Waals surface area contributed by atoms with Crippen molar-refractivity contribution in [2.45, 2.75) is 34.1 Å². The maximum absolute atomic E-state index is 11.3. The van der Waals surface area contributed by atoms with Gasteiger partial charge in [-0.3, -0.25) is 0 Å². The molecule has 1 aliphatic rings. The summed E-state index contributed by atoms with van der Waals surface area (Å²) in [6.45, 7) is 7.12. The smallest absolute Gasteiger partial charge is 0.341 e. The minimum Gasteiger partial charge on any atom is -0.386 e. The molecule has 0 aromatic carbocycles. The molecule has 3 nitrogen and oxygen atoms in total. The van der Waals surface area contributed by atoms with Gasteiger partial charge in [0.2, 0.25) is 0 Å². The van der Waals surface area contributed by atoms with Crippen LogP contribution in [-0.4, -0.2) is 11.9 Å². The third-order valence-corrected chi connectivity index (χ3v) is 2.61. The number of allylic oxidation sites excluding steroid dienone is 2. The zero-order valence-corrected chi connectivity index (χ0v) is 8.93. The molecule has 0 radical (unpaired) electrons. The van der Waals surface area contributed by atoms with Crippen LogP contribution in [0.1, 0.15) is 34.1 Å². The first kappa shape index (κ1) is 10.7. The summed E-state index contributed by atoms with van der Waals surface area (Å²) in [5, 5.41) is 0. The van der Waals surface area contributed by atoms with E-state index in [0.29, 0.717) is 17.6 Å². The van der Waals surface area contributed by atoms with Gasteiger partial charge in [-0.25, -0.2) is 9.59 Å². The number of ether oxygens (including phenoxy) is 1. The van der Waals surface area contributed by atoms with E-state index in [0.717, 1.165) is 11.1 Å². The molecule has 0 atom stereocenters. The molecule has 0 aromatic rings. The Hall–Kier alpha value is -1.38. The largest absolute Gasteiger partial charge is 0.386 e. The van der Waals surface area contributed by atoms with Gasteiger partial charge in [-0.15, -0.1) is 0 Å². The predicted octanol–water partition coefficient (Wildman–Crippen LogP) is 2.13. The molecule has 0 aromatic heterocycles. The van der Waals surface area contributed by atoms with Crippen LogP contribution >= 0.6 is 0 Å². The lowest BCUT2D eigenvalue weighted by Gasteiger charge is -2.13. The summed E-state index contributed by atoms with van der Waals surface area (Å²) in [5.74, 6) is -1.06. The zero-order chi connectivity index (χ0) is 10.9. The van der Waals surface area contributed by atoms with Crippen molar-refractivity contribution >= 4 is 11.9 Å². The zero-order valence-electron chi connectivity index (χ0n) is 8.93. The Morgan fingerprint density at radius 1 is 0.857 bits per heavy atom. The van der Waals surface area contributed by atoms with E-state index in [9.17, 15) is 9.59 Å². The number of rotatable bonds is 0. The number of hydrogen-bond acceptors (Lipinski definition) is 3. The van der Waals surface area contributed by atoms with Crippen LogP contribution in [0.15, 0.2) is 22.3 Å². The minimum atomic E-state index is -0.528. The second kappa shape index (κ2) is 3.78. The first-order valence-corrected chi connectivity index (χ1v) is 4.52. The molecule has 1 rings (SSSR count). The quantitative estimate of drug-likeness (QED) is 0.438. The molecule has 0 fully saturated rings. The van der Waals surface area contributed by atoms with E-state index < -0.39 is 11.9 Å². The normalized spacial score (nSPS) is 29.7. The third-order valence-electron chi connectivity index (χ3n) is 2.61. The van der Waals surface area contributed by atoms with E-state index in [4.69, 9.17) is 0 Å². The van der Waals surface area contributed by atoms with Gasteiger partial charge >= 0.3 is 11.9 Å². The van der Waals surface area contributed by atoms with Crippen molar-refractivity contribution in [1.29, 1.82) is 0 Å². The molecule has 0 N–H and O–H groups in total. The molecule has 0 unspecified atom stereocenters. The maximum Gasteiger partial charge on any atom is 0.341 e. The van der Waals surface area contributed by atoms with Crippen molar-refractivity contribution in [1.82, 2.24) is 0 Å². The summed E-state index contributed by atoms with van der Waals surface area (Å²) in [5.41, 5.74) is 2.98. The van der Waals surface area contributed by atoms with E-state index in [1.54, 1.807) is 13.8 Å². The molecule has 0 spiro atoms. The fourth-order valence-electron chi connectivity index (χ4n) is 1.25. The molecule has 0 aliphatic carbocycles. The first-order valence-electron chi connectivity index (χ1n) is 4.52. The van der Waals surface area contributed by atoms with Crippen LogP contribution in [0, 0.1) is 0 Å². The van der Waals surface area contributed by atoms with Crippen LogP contribution in [0.5, 0.6) is 0 Å². The van der Waals surface area contributed by atoms with Gasteiger partial charge in [-0.2, -0.15) is 0 Å². The standard InChI is InChI=1S/C11H14O3/c1-6-5-7(2)9(4)11(13)14-10(12)8(6)3/h5H2,1-4H3/b8-6-,9-7-. The van der Waals surface area contributed by atoms with Gasteiger partial charge < -0.3 is 4.74 Å². The van der Waals surface area contributed by atoms with Gasteiger partial charge in [0.25, 0.3) is 0 Å². The van der Waals surface area contributed by atoms with Gasteiger partial charge in [-0.05, 0) is 34.1 Å². The Morgan fingerprint density at radius 2 is 1.21 bits per heavy atom. The highest BCUT2D eigenvalue weighted by Gasteiger charge is 2.20. The van der Waals surface area contributed by atoms with Gasteiger partial charge in [0, 0.05) is 11.1 Å². The van der Waals surface area contributed by atoms with Crippen molar-refractivity contribution in [3.63, 3.8) is 0 Å². The lowest BCUT2D eigenvalue weighted by atomic mass is 9.98. The van der Waals surface area contributed by atoms with E-state index in [-0.39, 0.29) is 0 Å². The Labute approximate surface area is 83.4 Å². The average Bonchev–Trinajstić information content (AvgIpc) is 2.13. The Morgan fingerprint density at radius 3 is 1.57 bits per heavy atom. The van der Waals surface area contributed by atoms with Crippen molar-refractivity contribution in [2.75, 3.05) is 0 Å². The maximum atomic E-state index is 11.3. The molecule has 14 heavy (non-hydrogen) atoms. The van der Waals surface area contributed by atoms with Crippen LogP contribution in [0.2, 0.25) is 0 Å². The summed E-state index contributed by atoms with van der Waals surface area (Å²) in [6.07, 6.45) is 0.665. The summed E-state index contributed by atoms with van der Waals surface area (Å²) < 4.78 is 4.66. The van der Waals surface area contributed by atoms with Gasteiger partial charge in [0.15, 0.2) is 0 Å². The lowest BCUT2D eigenvalue weighted by Crippen LogP contribution is -2.18. The summed E-state index contributed by atoms with van der Waals surface area (Å²) in [4.78, 5) is 22.6. The fourth-order valence-corrected chi connectivity index (χ4v) is 1.25. The molecule has 0 saturated heterocycles. The third kappa shape index (κ3) is 1.92. The Balaban J connectivity index is 3.16. The SMILES string of the molecule is C/C1=C(\C)C(=O)OC(=O)/C(C)=C(/C)C1. The minimum absolute atomic E-state index is 0.528. The fraction of sp³-hybridized carbons (Fsp3) is 0.455. The lowest BCUT2D eigenvalue weighted by molar-refractivity contribution is -0.154. The molecular weight excluding hydrogens is 180 g/mol. The van der Waals surface area contributed by atoms with Crippen molar-refractivity contribution in [3.8, 4) is 0 Å². The molecule has 1 aliphatic heterocycles. The molecule has 76 valence electrons. The summed E-state index contributed by atoms with van der Waals surface area (Å²) in [6, 6.07) is 0. The second-order valence-electron chi connectivity index (χ2n) is 3.66. The number of carbonyl (C=O) groups is 2. The van der Waals surface area contributed by atoms with E-state index in [2.05, 4.69) is 4.74 Å². The van der Waals surface area contributed by atoms with Gasteiger partial charge in [0.1, 0.15) is 0 Å². The van der Waals surface area contributed by atoms with Gasteiger partial charge in [0.05, 0.1) is 0 Å². The highest BCUT2D eigenvalue weighted by Crippen LogP contribution is 2.21. The molecular formula is C11H14O3. The van der Waals surface area contributed by atoms with Crippen molar-refractivity contribution in [2.24, 2.45) is 0 Å². The predicted molar refractivity (Wildman–Crippen MR) is 52.5 cm³/mol. The number of esters is 2. The van der Waals surface area contributed by atoms with Crippen molar-refractivity contribution in [3.05, 3.63) is 22.3 Å². The number of hydrogen-bond donors (Lipinski definition) is 0. The van der Waals surface area contributed by atoms with E-state index in [1.807, 2.05) is 13.8 Å². The first-order chi connectivity index (χ1) is 6.43. The topological polar surface area (TPSA) is 43.4 Å². The Bertz CT molecular complexity index is 325. The van der Waals surface area contributed by atoms with Crippen LogP contribution in [-0.2, 0) is 14.3 Å². The molecule has 0 bridgehead atoms. The van der Waals surface area contributed by atoms with E-state index >= 15 is 0 Å². The number of carbonyl (C=O) groups excluding carboxylic acids is 2. The van der Waals surface area contributed by atoms with Crippen LogP contribution < -0.4 is 0 Å². The van der Waals surface area contributed by atoms with E-state index in [1.165, 1.54) is 0 Å². The van der Waals surface area contributed by atoms with Crippen LogP contribution in [0.3, 0.4) is 0 Å². The monoisotopic (exact) mass is 194 g/mol. The average molecular weight is 194 g/mol. The second-order valence-corrected chi connectivity index (χ2v) is 3.66. The summed E-state index contributed by atoms with van der Waals surface area (Å²) >= 11 is 0. The summed E-state index contributed by atoms with van der Waals surface area (Å²) in [7, 11) is 0. The molecule has 1 heterocycles. The molecule has 3 heteroatoms. The highest BCUT2D eigenvalue weighted by molar-refractivity contribution is 6.02.